The summed E-state index contributed by atoms with van der Waals surface area (Å²) in [7, 11) is 1.33. The van der Waals surface area contributed by atoms with Gasteiger partial charge in [0.1, 0.15) is 5.78 Å². The van der Waals surface area contributed by atoms with E-state index in [0.717, 1.165) is 5.56 Å². The fraction of sp³-hybridized carbons (Fsp3) is 0.385. The van der Waals surface area contributed by atoms with Crippen LogP contribution in [-0.2, 0) is 20.7 Å². The Morgan fingerprint density at radius 3 is 2.44 bits per heavy atom. The van der Waals surface area contributed by atoms with Crippen LogP contribution in [0.5, 0.6) is 0 Å². The minimum atomic E-state index is -0.339. The average Bonchev–Trinajstić information content (AvgIpc) is 2.30. The number of Topliss-reactive ketones (excluding diaryl/α,β-unsaturated/α-hetero) is 1. The van der Waals surface area contributed by atoms with E-state index in [9.17, 15) is 9.59 Å². The highest BCUT2D eigenvalue weighted by Crippen LogP contribution is 2.09. The number of carbonyl (C=O) groups excluding carboxylic acids is 2. The highest BCUT2D eigenvalue weighted by Gasteiger charge is 2.17. The number of carbonyl (C=O) groups is 2. The van der Waals surface area contributed by atoms with Gasteiger partial charge < -0.3 is 4.74 Å². The normalized spacial score (nSPS) is 11.9. The Morgan fingerprint density at radius 1 is 1.25 bits per heavy atom. The largest absolute Gasteiger partial charge is 0.469 e. The van der Waals surface area contributed by atoms with Crippen molar-refractivity contribution in [2.45, 2.75) is 19.8 Å². The lowest BCUT2D eigenvalue weighted by atomic mass is 9.97. The Morgan fingerprint density at radius 2 is 1.88 bits per heavy atom. The Bertz CT molecular complexity index is 357. The zero-order valence-corrected chi connectivity index (χ0v) is 9.60. The highest BCUT2D eigenvalue weighted by atomic mass is 16.5. The maximum absolute atomic E-state index is 11.8. The average molecular weight is 220 g/mol. The molecule has 0 heterocycles. The third-order valence-corrected chi connectivity index (χ3v) is 2.47. The summed E-state index contributed by atoms with van der Waals surface area (Å²) in [6, 6.07) is 9.51. The second-order valence-electron chi connectivity index (χ2n) is 3.81. The third-order valence-electron chi connectivity index (χ3n) is 2.47. The Labute approximate surface area is 95.4 Å². The van der Waals surface area contributed by atoms with E-state index in [1.165, 1.54) is 7.11 Å². The van der Waals surface area contributed by atoms with Crippen molar-refractivity contribution in [1.29, 1.82) is 0 Å². The molecule has 0 saturated carbocycles. The number of rotatable bonds is 5. The summed E-state index contributed by atoms with van der Waals surface area (Å²) in [4.78, 5) is 22.8. The van der Waals surface area contributed by atoms with Crippen LogP contribution in [0.1, 0.15) is 18.9 Å². The summed E-state index contributed by atoms with van der Waals surface area (Å²) < 4.78 is 4.53. The zero-order chi connectivity index (χ0) is 12.0. The second kappa shape index (κ2) is 6.05. The molecule has 0 radical (unpaired) electrons. The van der Waals surface area contributed by atoms with Crippen LogP contribution in [0.25, 0.3) is 0 Å². The SMILES string of the molecule is COC(=O)CC(C)C(=O)Cc1ccccc1. The van der Waals surface area contributed by atoms with Gasteiger partial charge in [-0.3, -0.25) is 9.59 Å². The monoisotopic (exact) mass is 220 g/mol. The predicted molar refractivity (Wildman–Crippen MR) is 61.0 cm³/mol. The molecule has 3 nitrogen and oxygen atoms in total. The number of methoxy groups -OCH3 is 1. The van der Waals surface area contributed by atoms with Gasteiger partial charge in [0.05, 0.1) is 13.5 Å². The number of benzene rings is 1. The van der Waals surface area contributed by atoms with Crippen LogP contribution in [0.3, 0.4) is 0 Å². The van der Waals surface area contributed by atoms with Crippen molar-refractivity contribution in [3.05, 3.63) is 35.9 Å². The Balaban J connectivity index is 2.49. The van der Waals surface area contributed by atoms with Crippen LogP contribution in [0.4, 0.5) is 0 Å². The van der Waals surface area contributed by atoms with E-state index in [1.54, 1.807) is 6.92 Å². The lowest BCUT2D eigenvalue weighted by Crippen LogP contribution is -2.18. The smallest absolute Gasteiger partial charge is 0.306 e. The minimum Gasteiger partial charge on any atom is -0.469 e. The molecule has 0 aromatic heterocycles. The molecule has 86 valence electrons. The molecule has 0 saturated heterocycles. The zero-order valence-electron chi connectivity index (χ0n) is 9.60. The standard InChI is InChI=1S/C13H16O3/c1-10(8-13(15)16-2)12(14)9-11-6-4-3-5-7-11/h3-7,10H,8-9H2,1-2H3. The quantitative estimate of drug-likeness (QED) is 0.713. The number of ether oxygens (including phenoxy) is 1. The van der Waals surface area contributed by atoms with Crippen LogP contribution < -0.4 is 0 Å². The molecule has 0 aliphatic heterocycles. The van der Waals surface area contributed by atoms with E-state index in [-0.39, 0.29) is 24.1 Å². The molecule has 1 unspecified atom stereocenters. The number of esters is 1. The lowest BCUT2D eigenvalue weighted by molar-refractivity contribution is -0.143. The maximum atomic E-state index is 11.8. The van der Waals surface area contributed by atoms with Crippen LogP contribution in [-0.4, -0.2) is 18.9 Å². The van der Waals surface area contributed by atoms with Crippen LogP contribution >= 0.6 is 0 Å². The van der Waals surface area contributed by atoms with E-state index in [4.69, 9.17) is 0 Å². The van der Waals surface area contributed by atoms with Crippen LogP contribution in [0, 0.1) is 5.92 Å². The first-order chi connectivity index (χ1) is 7.63. The molecule has 1 aromatic rings. The van der Waals surface area contributed by atoms with Gasteiger partial charge in [-0.05, 0) is 5.56 Å². The fourth-order valence-electron chi connectivity index (χ4n) is 1.42. The van der Waals surface area contributed by atoms with Gasteiger partial charge in [0.25, 0.3) is 0 Å². The Hall–Kier alpha value is -1.64. The maximum Gasteiger partial charge on any atom is 0.306 e. The summed E-state index contributed by atoms with van der Waals surface area (Å²) in [5, 5.41) is 0. The van der Waals surface area contributed by atoms with E-state index in [0.29, 0.717) is 6.42 Å². The molecular weight excluding hydrogens is 204 g/mol. The van der Waals surface area contributed by atoms with Gasteiger partial charge in [0.2, 0.25) is 0 Å². The van der Waals surface area contributed by atoms with Gasteiger partial charge in [0.15, 0.2) is 0 Å². The van der Waals surface area contributed by atoms with Crippen molar-refractivity contribution in [2.75, 3.05) is 7.11 Å². The van der Waals surface area contributed by atoms with Gasteiger partial charge in [-0.25, -0.2) is 0 Å². The second-order valence-corrected chi connectivity index (χ2v) is 3.81. The number of hydrogen-bond acceptors (Lipinski definition) is 3. The van der Waals surface area contributed by atoms with Crippen molar-refractivity contribution in [3.8, 4) is 0 Å². The summed E-state index contributed by atoms with van der Waals surface area (Å²) in [6.45, 7) is 1.75. The molecule has 1 rings (SSSR count). The van der Waals surface area contributed by atoms with Crippen molar-refractivity contribution < 1.29 is 14.3 Å². The van der Waals surface area contributed by atoms with Gasteiger partial charge in [-0.1, -0.05) is 37.3 Å². The van der Waals surface area contributed by atoms with E-state index >= 15 is 0 Å². The topological polar surface area (TPSA) is 43.4 Å². The van der Waals surface area contributed by atoms with Crippen molar-refractivity contribution >= 4 is 11.8 Å². The highest BCUT2D eigenvalue weighted by molar-refractivity contribution is 5.86. The summed E-state index contributed by atoms with van der Waals surface area (Å²) >= 11 is 0. The molecule has 16 heavy (non-hydrogen) atoms. The molecule has 0 amide bonds. The first-order valence-corrected chi connectivity index (χ1v) is 5.27. The predicted octanol–water partition coefficient (Wildman–Crippen LogP) is 2.00. The van der Waals surface area contributed by atoms with Gasteiger partial charge in [-0.2, -0.15) is 0 Å². The molecule has 0 bridgehead atoms. The molecule has 1 aromatic carbocycles. The third kappa shape index (κ3) is 3.85. The van der Waals surface area contributed by atoms with E-state index in [1.807, 2.05) is 30.3 Å². The van der Waals surface area contributed by atoms with Crippen LogP contribution in [0.2, 0.25) is 0 Å². The molecule has 0 aliphatic rings. The van der Waals surface area contributed by atoms with Gasteiger partial charge >= 0.3 is 5.97 Å². The van der Waals surface area contributed by atoms with E-state index < -0.39 is 0 Å². The number of hydrogen-bond donors (Lipinski definition) is 0. The molecule has 0 N–H and O–H groups in total. The summed E-state index contributed by atoms with van der Waals surface area (Å²) in [5.41, 5.74) is 0.976. The van der Waals surface area contributed by atoms with Crippen molar-refractivity contribution in [3.63, 3.8) is 0 Å². The lowest BCUT2D eigenvalue weighted by Gasteiger charge is -2.08. The van der Waals surface area contributed by atoms with Gasteiger partial charge in [0, 0.05) is 12.3 Å². The fourth-order valence-corrected chi connectivity index (χ4v) is 1.42. The van der Waals surface area contributed by atoms with Crippen molar-refractivity contribution in [2.24, 2.45) is 5.92 Å². The van der Waals surface area contributed by atoms with Gasteiger partial charge in [-0.15, -0.1) is 0 Å². The van der Waals surface area contributed by atoms with Crippen LogP contribution in [0.15, 0.2) is 30.3 Å². The molecule has 0 aliphatic carbocycles. The molecule has 0 fully saturated rings. The first kappa shape index (κ1) is 12.4. The summed E-state index contributed by atoms with van der Waals surface area (Å²) in [5.74, 6) is -0.557. The summed E-state index contributed by atoms with van der Waals surface area (Å²) in [6.07, 6.45) is 0.529. The Kier molecular flexibility index (Phi) is 4.70. The first-order valence-electron chi connectivity index (χ1n) is 5.27. The molecule has 0 spiro atoms. The molecule has 1 atom stereocenters. The van der Waals surface area contributed by atoms with E-state index in [2.05, 4.69) is 4.74 Å². The molecular formula is C13H16O3. The minimum absolute atomic E-state index is 0.0663. The molecule has 3 heteroatoms. The number of ketones is 1. The van der Waals surface area contributed by atoms with Crippen molar-refractivity contribution in [1.82, 2.24) is 0 Å².